The largest absolute Gasteiger partial charge is 0.342 e. The molecule has 1 saturated carbocycles. The first kappa shape index (κ1) is 24.8. The van der Waals surface area contributed by atoms with Gasteiger partial charge in [0.25, 0.3) is 0 Å². The van der Waals surface area contributed by atoms with Gasteiger partial charge in [0.2, 0.25) is 11.8 Å². The number of pyridine rings is 1. The summed E-state index contributed by atoms with van der Waals surface area (Å²) in [6.45, 7) is 6.44. The van der Waals surface area contributed by atoms with E-state index in [4.69, 9.17) is 10.1 Å². The highest BCUT2D eigenvalue weighted by Gasteiger charge is 2.34. The van der Waals surface area contributed by atoms with Gasteiger partial charge < -0.3 is 15.1 Å². The second kappa shape index (κ2) is 10.0. The molecule has 8 heteroatoms. The van der Waals surface area contributed by atoms with Crippen LogP contribution in [0.15, 0.2) is 30.5 Å². The molecule has 4 aliphatic rings. The van der Waals surface area contributed by atoms with Crippen LogP contribution < -0.4 is 5.32 Å². The molecule has 0 atom stereocenters. The fraction of sp³-hybridized carbons (Fsp3) is 0.548. The summed E-state index contributed by atoms with van der Waals surface area (Å²) in [4.78, 5) is 34.4. The van der Waals surface area contributed by atoms with Gasteiger partial charge in [0, 0.05) is 85.5 Å². The van der Waals surface area contributed by atoms with Crippen LogP contribution in [0, 0.1) is 5.92 Å². The molecule has 2 aromatic heterocycles. The summed E-state index contributed by atoms with van der Waals surface area (Å²) in [5, 5.41) is 11.0. The van der Waals surface area contributed by atoms with Gasteiger partial charge >= 0.3 is 0 Å². The molecule has 1 N–H and O–H groups in total. The molecule has 1 aromatic carbocycles. The van der Waals surface area contributed by atoms with Gasteiger partial charge in [-0.15, -0.1) is 0 Å². The van der Waals surface area contributed by atoms with Gasteiger partial charge in [-0.1, -0.05) is 18.2 Å². The van der Waals surface area contributed by atoms with Crippen LogP contribution in [0.5, 0.6) is 0 Å². The first-order valence-electron chi connectivity index (χ1n) is 14.8. The molecule has 0 radical (unpaired) electrons. The predicted octanol–water partition coefficient (Wildman–Crippen LogP) is 4.04. The van der Waals surface area contributed by atoms with E-state index < -0.39 is 0 Å². The number of carbonyl (C=O) groups is 2. The number of benzene rings is 1. The van der Waals surface area contributed by atoms with Crippen molar-refractivity contribution >= 4 is 22.6 Å². The maximum absolute atomic E-state index is 13.1. The third kappa shape index (κ3) is 4.62. The Balaban J connectivity index is 1.20. The molecule has 3 fully saturated rings. The molecule has 39 heavy (non-hydrogen) atoms. The average molecular weight is 527 g/mol. The molecule has 0 unspecified atom stereocenters. The molecule has 1 aliphatic carbocycles. The molecular formula is C31H38N6O2. The number of piperidine rings is 2. The molecule has 0 spiro atoms. The normalized spacial score (nSPS) is 20.8. The van der Waals surface area contributed by atoms with Crippen LogP contribution in [0.3, 0.4) is 0 Å². The average Bonchev–Trinajstić information content (AvgIpc) is 3.77. The maximum atomic E-state index is 13.1. The Morgan fingerprint density at radius 2 is 1.77 bits per heavy atom. The highest BCUT2D eigenvalue weighted by Crippen LogP contribution is 2.41. The predicted molar refractivity (Wildman–Crippen MR) is 150 cm³/mol. The lowest BCUT2D eigenvalue weighted by Gasteiger charge is -2.36. The van der Waals surface area contributed by atoms with Crippen molar-refractivity contribution in [1.29, 1.82) is 0 Å². The van der Waals surface area contributed by atoms with Gasteiger partial charge in [-0.05, 0) is 63.1 Å². The summed E-state index contributed by atoms with van der Waals surface area (Å²) < 4.78 is 2.26. The van der Waals surface area contributed by atoms with Crippen LogP contribution in [-0.4, -0.2) is 69.1 Å². The van der Waals surface area contributed by atoms with Gasteiger partial charge in [0.05, 0.1) is 11.7 Å². The Labute approximate surface area is 229 Å². The van der Waals surface area contributed by atoms with Crippen molar-refractivity contribution in [2.24, 2.45) is 5.92 Å². The van der Waals surface area contributed by atoms with Gasteiger partial charge in [-0.3, -0.25) is 19.3 Å². The number of likely N-dealkylation sites (tertiary alicyclic amines) is 1. The van der Waals surface area contributed by atoms with E-state index in [1.165, 1.54) is 35.2 Å². The second-order valence-electron chi connectivity index (χ2n) is 11.9. The number of rotatable bonds is 4. The van der Waals surface area contributed by atoms with E-state index >= 15 is 0 Å². The molecule has 2 saturated heterocycles. The van der Waals surface area contributed by atoms with E-state index in [-0.39, 0.29) is 17.9 Å². The smallest absolute Gasteiger partial charge is 0.225 e. The van der Waals surface area contributed by atoms with Crippen molar-refractivity contribution in [3.63, 3.8) is 0 Å². The van der Waals surface area contributed by atoms with E-state index in [1.54, 1.807) is 6.92 Å². The summed E-state index contributed by atoms with van der Waals surface area (Å²) in [6, 6.07) is 8.96. The number of aromatic nitrogens is 3. The number of amides is 2. The SMILES string of the molecule is CC(=O)N1CCc2c(c(-c3cccc4cc(C5CC5)ncc34)nn2C2CCN(C(=O)C3CCNCC3)CC2)C1. The van der Waals surface area contributed by atoms with Crippen molar-refractivity contribution < 1.29 is 9.59 Å². The van der Waals surface area contributed by atoms with Crippen molar-refractivity contribution in [2.75, 3.05) is 32.7 Å². The number of fused-ring (bicyclic) bond motifs is 2. The fourth-order valence-corrected chi connectivity index (χ4v) is 6.89. The number of hydrogen-bond donors (Lipinski definition) is 1. The number of hydrogen-bond acceptors (Lipinski definition) is 5. The number of nitrogens with one attached hydrogen (secondary N) is 1. The van der Waals surface area contributed by atoms with Crippen molar-refractivity contribution in [2.45, 2.75) is 70.4 Å². The Bertz CT molecular complexity index is 1410. The van der Waals surface area contributed by atoms with Crippen LogP contribution in [0.4, 0.5) is 0 Å². The quantitative estimate of drug-likeness (QED) is 0.555. The van der Waals surface area contributed by atoms with Crippen LogP contribution in [0.2, 0.25) is 0 Å². The van der Waals surface area contributed by atoms with Crippen LogP contribution in [-0.2, 0) is 22.6 Å². The van der Waals surface area contributed by atoms with Crippen LogP contribution in [0.1, 0.15) is 74.4 Å². The standard InChI is InChI=1S/C31H38N6O2/c1-20(38)36-16-11-29-27(19-36)30(25-4-2-3-23-17-28(21-5-6-21)33-18-26(23)25)34-37(29)24-9-14-35(15-10-24)31(39)22-7-12-32-13-8-22/h2-4,17-18,21-22,24,32H,5-16,19H2,1H3. The Morgan fingerprint density at radius 3 is 2.51 bits per heavy atom. The first-order chi connectivity index (χ1) is 19.1. The molecule has 204 valence electrons. The minimum Gasteiger partial charge on any atom is -0.342 e. The number of nitrogens with zero attached hydrogens (tertiary/aromatic N) is 5. The molecule has 2 amide bonds. The van der Waals surface area contributed by atoms with Gasteiger partial charge in [-0.25, -0.2) is 0 Å². The lowest BCUT2D eigenvalue weighted by Crippen LogP contribution is -2.45. The Kier molecular flexibility index (Phi) is 6.38. The number of carbonyl (C=O) groups excluding carboxylic acids is 2. The summed E-state index contributed by atoms with van der Waals surface area (Å²) in [6.07, 6.45) is 9.04. The zero-order valence-corrected chi connectivity index (χ0v) is 22.9. The third-order valence-corrected chi connectivity index (χ3v) is 9.38. The Morgan fingerprint density at radius 1 is 0.974 bits per heavy atom. The van der Waals surface area contributed by atoms with E-state index in [1.807, 2.05) is 11.1 Å². The summed E-state index contributed by atoms with van der Waals surface area (Å²) in [7, 11) is 0. The molecule has 7 rings (SSSR count). The van der Waals surface area contributed by atoms with Crippen molar-refractivity contribution in [3.8, 4) is 11.3 Å². The Hall–Kier alpha value is -3.26. The molecule has 8 nitrogen and oxygen atoms in total. The minimum atomic E-state index is 0.109. The fourth-order valence-electron chi connectivity index (χ4n) is 6.89. The zero-order valence-electron chi connectivity index (χ0n) is 22.9. The van der Waals surface area contributed by atoms with Crippen LogP contribution >= 0.6 is 0 Å². The molecule has 3 aromatic rings. The highest BCUT2D eigenvalue weighted by atomic mass is 16.2. The van der Waals surface area contributed by atoms with Crippen molar-refractivity contribution in [1.82, 2.24) is 29.9 Å². The van der Waals surface area contributed by atoms with Gasteiger partial charge in [0.15, 0.2) is 0 Å². The zero-order chi connectivity index (χ0) is 26.5. The van der Waals surface area contributed by atoms with Gasteiger partial charge in [0.1, 0.15) is 0 Å². The monoisotopic (exact) mass is 526 g/mol. The molecule has 5 heterocycles. The van der Waals surface area contributed by atoms with E-state index in [0.717, 1.165) is 81.5 Å². The first-order valence-corrected chi connectivity index (χ1v) is 14.8. The summed E-state index contributed by atoms with van der Waals surface area (Å²) in [5.74, 6) is 1.23. The van der Waals surface area contributed by atoms with Gasteiger partial charge in [-0.2, -0.15) is 5.10 Å². The minimum absolute atomic E-state index is 0.109. The van der Waals surface area contributed by atoms with E-state index in [2.05, 4.69) is 39.2 Å². The lowest BCUT2D eigenvalue weighted by molar-refractivity contribution is -0.137. The van der Waals surface area contributed by atoms with Crippen LogP contribution in [0.25, 0.3) is 22.0 Å². The summed E-state index contributed by atoms with van der Waals surface area (Å²) >= 11 is 0. The molecule has 0 bridgehead atoms. The van der Waals surface area contributed by atoms with Crippen molar-refractivity contribution in [3.05, 3.63) is 47.4 Å². The lowest BCUT2D eigenvalue weighted by atomic mass is 9.94. The summed E-state index contributed by atoms with van der Waals surface area (Å²) in [5.41, 5.74) is 5.70. The third-order valence-electron chi connectivity index (χ3n) is 9.38. The molecular weight excluding hydrogens is 488 g/mol. The maximum Gasteiger partial charge on any atom is 0.225 e. The second-order valence-corrected chi connectivity index (χ2v) is 11.9. The molecule has 3 aliphatic heterocycles. The highest BCUT2D eigenvalue weighted by molar-refractivity contribution is 5.96. The van der Waals surface area contributed by atoms with E-state index in [0.29, 0.717) is 18.4 Å². The topological polar surface area (TPSA) is 83.4 Å². The van der Waals surface area contributed by atoms with E-state index in [9.17, 15) is 9.59 Å².